The van der Waals surface area contributed by atoms with Gasteiger partial charge in [0, 0.05) is 6.20 Å². The van der Waals surface area contributed by atoms with E-state index in [0.717, 1.165) is 11.3 Å². The number of hydrogen-bond acceptors (Lipinski definition) is 5. The molecule has 0 aromatic carbocycles. The van der Waals surface area contributed by atoms with Gasteiger partial charge in [-0.25, -0.2) is 4.98 Å². The molecule has 0 spiro atoms. The normalized spacial score (nSPS) is 11.0. The SMILES string of the molecule is Nc1onc(-c2cnc3ccccn23)c1N. The van der Waals surface area contributed by atoms with Crippen molar-refractivity contribution < 1.29 is 4.52 Å². The summed E-state index contributed by atoms with van der Waals surface area (Å²) in [5.41, 5.74) is 13.7. The lowest BCUT2D eigenvalue weighted by atomic mass is 10.3. The van der Waals surface area contributed by atoms with E-state index < -0.39 is 0 Å². The molecule has 0 aliphatic carbocycles. The van der Waals surface area contributed by atoms with Crippen LogP contribution < -0.4 is 11.5 Å². The van der Waals surface area contributed by atoms with Gasteiger partial charge in [0.25, 0.3) is 0 Å². The van der Waals surface area contributed by atoms with Gasteiger partial charge in [-0.15, -0.1) is 0 Å². The minimum atomic E-state index is 0.126. The van der Waals surface area contributed by atoms with E-state index in [1.54, 1.807) is 6.20 Å². The van der Waals surface area contributed by atoms with Crippen molar-refractivity contribution in [2.45, 2.75) is 0 Å². The third-order valence-corrected chi connectivity index (χ3v) is 2.42. The molecule has 3 aromatic rings. The Kier molecular flexibility index (Phi) is 1.64. The Hall–Kier alpha value is -2.50. The molecule has 6 nitrogen and oxygen atoms in total. The number of nitrogens with two attached hydrogens (primary N) is 2. The fraction of sp³-hybridized carbons (Fsp3) is 0. The van der Waals surface area contributed by atoms with Crippen LogP contribution >= 0.6 is 0 Å². The minimum absolute atomic E-state index is 0.126. The van der Waals surface area contributed by atoms with Gasteiger partial charge in [-0.2, -0.15) is 0 Å². The van der Waals surface area contributed by atoms with E-state index >= 15 is 0 Å². The first-order chi connectivity index (χ1) is 7.77. The lowest BCUT2D eigenvalue weighted by Gasteiger charge is -1.97. The molecule has 0 radical (unpaired) electrons. The molecule has 6 heteroatoms. The lowest BCUT2D eigenvalue weighted by Crippen LogP contribution is -1.93. The number of nitrogen functional groups attached to an aromatic ring is 2. The first kappa shape index (κ1) is 8.78. The number of anilines is 2. The molecule has 0 amide bonds. The maximum Gasteiger partial charge on any atom is 0.246 e. The fourth-order valence-electron chi connectivity index (χ4n) is 1.60. The van der Waals surface area contributed by atoms with Gasteiger partial charge in [-0.1, -0.05) is 11.2 Å². The van der Waals surface area contributed by atoms with Crippen molar-refractivity contribution in [2.24, 2.45) is 0 Å². The van der Waals surface area contributed by atoms with Gasteiger partial charge < -0.3 is 16.0 Å². The molecule has 3 heterocycles. The molecular formula is C10H9N5O. The van der Waals surface area contributed by atoms with E-state index in [-0.39, 0.29) is 5.88 Å². The molecule has 0 bridgehead atoms. The van der Waals surface area contributed by atoms with Crippen LogP contribution in [0.3, 0.4) is 0 Å². The Labute approximate surface area is 90.5 Å². The van der Waals surface area contributed by atoms with E-state index in [1.165, 1.54) is 0 Å². The van der Waals surface area contributed by atoms with Gasteiger partial charge in [-0.05, 0) is 12.1 Å². The highest BCUT2D eigenvalue weighted by molar-refractivity contribution is 5.77. The molecule has 0 saturated heterocycles. The molecule has 0 fully saturated rings. The largest absolute Gasteiger partial charge is 0.392 e. The first-order valence-electron chi connectivity index (χ1n) is 4.70. The van der Waals surface area contributed by atoms with E-state index in [0.29, 0.717) is 11.4 Å². The number of fused-ring (bicyclic) bond motifs is 1. The van der Waals surface area contributed by atoms with Crippen LogP contribution in [0, 0.1) is 0 Å². The molecular weight excluding hydrogens is 206 g/mol. The molecule has 3 rings (SSSR count). The molecule has 0 saturated carbocycles. The molecule has 0 unspecified atom stereocenters. The van der Waals surface area contributed by atoms with Gasteiger partial charge in [0.2, 0.25) is 5.88 Å². The maximum atomic E-state index is 5.76. The second-order valence-electron chi connectivity index (χ2n) is 3.38. The summed E-state index contributed by atoms with van der Waals surface area (Å²) >= 11 is 0. The van der Waals surface area contributed by atoms with Crippen LogP contribution in [0.2, 0.25) is 0 Å². The summed E-state index contributed by atoms with van der Waals surface area (Å²) in [6.07, 6.45) is 3.56. The zero-order valence-electron chi connectivity index (χ0n) is 8.29. The third kappa shape index (κ3) is 1.07. The monoisotopic (exact) mass is 215 g/mol. The first-order valence-corrected chi connectivity index (χ1v) is 4.70. The third-order valence-electron chi connectivity index (χ3n) is 2.42. The van der Waals surface area contributed by atoms with Crippen LogP contribution in [0.25, 0.3) is 17.0 Å². The summed E-state index contributed by atoms with van der Waals surface area (Å²) < 4.78 is 6.70. The van der Waals surface area contributed by atoms with Crippen LogP contribution in [0.5, 0.6) is 0 Å². The topological polar surface area (TPSA) is 95.4 Å². The molecule has 0 aliphatic heterocycles. The molecule has 0 atom stereocenters. The van der Waals surface area contributed by atoms with Crippen molar-refractivity contribution >= 4 is 17.2 Å². The van der Waals surface area contributed by atoms with Crippen molar-refractivity contribution in [3.05, 3.63) is 30.6 Å². The number of rotatable bonds is 1. The number of hydrogen-bond donors (Lipinski definition) is 2. The van der Waals surface area contributed by atoms with Crippen LogP contribution in [-0.2, 0) is 0 Å². The molecule has 16 heavy (non-hydrogen) atoms. The fourth-order valence-corrected chi connectivity index (χ4v) is 1.60. The summed E-state index contributed by atoms with van der Waals surface area (Å²) in [7, 11) is 0. The standard InChI is InChI=1S/C10H9N5O/c11-8-9(14-16-10(8)12)6-5-13-7-3-1-2-4-15(6)7/h1-5H,11-12H2. The lowest BCUT2D eigenvalue weighted by molar-refractivity contribution is 0.439. The van der Waals surface area contributed by atoms with Gasteiger partial charge in [0.1, 0.15) is 11.3 Å². The number of pyridine rings is 1. The number of aromatic nitrogens is 3. The Morgan fingerprint density at radius 1 is 1.25 bits per heavy atom. The Morgan fingerprint density at radius 2 is 2.12 bits per heavy atom. The van der Waals surface area contributed by atoms with E-state index in [1.807, 2.05) is 28.8 Å². The van der Waals surface area contributed by atoms with Crippen molar-refractivity contribution in [1.82, 2.24) is 14.5 Å². The summed E-state index contributed by atoms with van der Waals surface area (Å²) in [5, 5.41) is 3.82. The molecule has 4 N–H and O–H groups in total. The average Bonchev–Trinajstić information content (AvgIpc) is 2.85. The second-order valence-corrected chi connectivity index (χ2v) is 3.38. The Balaban J connectivity index is 2.30. The van der Waals surface area contributed by atoms with Crippen molar-refractivity contribution in [2.75, 3.05) is 11.5 Å². The van der Waals surface area contributed by atoms with Crippen LogP contribution in [-0.4, -0.2) is 14.5 Å². The molecule has 0 aliphatic rings. The average molecular weight is 215 g/mol. The smallest absolute Gasteiger partial charge is 0.246 e. The predicted octanol–water partition coefficient (Wildman–Crippen LogP) is 1.15. The quantitative estimate of drug-likeness (QED) is 0.634. The predicted molar refractivity (Wildman–Crippen MR) is 59.5 cm³/mol. The summed E-state index contributed by atoms with van der Waals surface area (Å²) in [6, 6.07) is 5.70. The van der Waals surface area contributed by atoms with Gasteiger partial charge in [0.05, 0.1) is 11.9 Å². The summed E-state index contributed by atoms with van der Waals surface area (Å²) in [4.78, 5) is 4.23. The highest BCUT2D eigenvalue weighted by Gasteiger charge is 2.15. The van der Waals surface area contributed by atoms with E-state index in [4.69, 9.17) is 16.0 Å². The van der Waals surface area contributed by atoms with Crippen LogP contribution in [0.4, 0.5) is 11.6 Å². The van der Waals surface area contributed by atoms with E-state index in [9.17, 15) is 0 Å². The number of nitrogens with zero attached hydrogens (tertiary/aromatic N) is 3. The van der Waals surface area contributed by atoms with Crippen molar-refractivity contribution in [3.63, 3.8) is 0 Å². The molecule has 80 valence electrons. The second kappa shape index (κ2) is 2.99. The highest BCUT2D eigenvalue weighted by atomic mass is 16.5. The molecule has 3 aromatic heterocycles. The van der Waals surface area contributed by atoms with Crippen molar-refractivity contribution in [1.29, 1.82) is 0 Å². The Morgan fingerprint density at radius 3 is 2.88 bits per heavy atom. The number of imidazole rings is 1. The van der Waals surface area contributed by atoms with Crippen molar-refractivity contribution in [3.8, 4) is 11.4 Å². The zero-order valence-corrected chi connectivity index (χ0v) is 8.29. The van der Waals surface area contributed by atoms with E-state index in [2.05, 4.69) is 10.1 Å². The van der Waals surface area contributed by atoms with Gasteiger partial charge in [0.15, 0.2) is 5.69 Å². The maximum absolute atomic E-state index is 5.76. The van der Waals surface area contributed by atoms with Gasteiger partial charge in [-0.3, -0.25) is 4.40 Å². The Bertz CT molecular complexity index is 654. The summed E-state index contributed by atoms with van der Waals surface area (Å²) in [5.74, 6) is 0.126. The summed E-state index contributed by atoms with van der Waals surface area (Å²) in [6.45, 7) is 0. The van der Waals surface area contributed by atoms with Crippen LogP contribution in [0.15, 0.2) is 35.1 Å². The van der Waals surface area contributed by atoms with Gasteiger partial charge >= 0.3 is 0 Å². The highest BCUT2D eigenvalue weighted by Crippen LogP contribution is 2.29. The zero-order chi connectivity index (χ0) is 11.1. The van der Waals surface area contributed by atoms with Crippen LogP contribution in [0.1, 0.15) is 0 Å². The minimum Gasteiger partial charge on any atom is -0.392 e.